The van der Waals surface area contributed by atoms with Crippen LogP contribution in [0.4, 0.5) is 0 Å². The normalized spacial score (nSPS) is 20.6. The molecule has 1 saturated carbocycles. The number of thioether (sulfide) groups is 1. The molecular formula is C19H29N3O4S2. The molecule has 0 aromatic carbocycles. The molecule has 1 atom stereocenters. The Morgan fingerprint density at radius 1 is 1.29 bits per heavy atom. The first-order chi connectivity index (χ1) is 13.5. The highest BCUT2D eigenvalue weighted by atomic mass is 32.2. The van der Waals surface area contributed by atoms with E-state index in [-0.39, 0.29) is 16.1 Å². The maximum atomic E-state index is 12.6. The van der Waals surface area contributed by atoms with E-state index in [4.69, 9.17) is 4.74 Å². The van der Waals surface area contributed by atoms with Crippen molar-refractivity contribution in [2.24, 2.45) is 5.92 Å². The molecule has 1 saturated heterocycles. The summed E-state index contributed by atoms with van der Waals surface area (Å²) in [4.78, 5) is 16.8. The molecule has 7 nitrogen and oxygen atoms in total. The van der Waals surface area contributed by atoms with Gasteiger partial charge >= 0.3 is 0 Å². The van der Waals surface area contributed by atoms with Gasteiger partial charge in [0.15, 0.2) is 0 Å². The smallest absolute Gasteiger partial charge is 0.244 e. The van der Waals surface area contributed by atoms with Crippen LogP contribution in [0.3, 0.4) is 0 Å². The number of nitrogens with zero attached hydrogens (tertiary/aromatic N) is 2. The van der Waals surface area contributed by atoms with Crippen molar-refractivity contribution in [3.63, 3.8) is 0 Å². The molecule has 1 aliphatic heterocycles. The highest BCUT2D eigenvalue weighted by molar-refractivity contribution is 8.00. The van der Waals surface area contributed by atoms with Crippen LogP contribution in [0.15, 0.2) is 28.3 Å². The molecule has 1 amide bonds. The largest absolute Gasteiger partial charge is 0.379 e. The molecule has 1 aromatic heterocycles. The zero-order valence-corrected chi connectivity index (χ0v) is 17.9. The summed E-state index contributed by atoms with van der Waals surface area (Å²) in [6.45, 7) is 4.13. The highest BCUT2D eigenvalue weighted by Gasteiger charge is 2.27. The number of hydrogen-bond donors (Lipinski definition) is 1. The van der Waals surface area contributed by atoms with E-state index in [1.54, 1.807) is 12.1 Å². The van der Waals surface area contributed by atoms with E-state index in [9.17, 15) is 13.2 Å². The quantitative estimate of drug-likeness (QED) is 0.672. The SMILES string of the molecule is CC(Sc1ccc(S(=O)(=O)N2CCOCC2)cn1)C(=O)NCC1CCCCC1. The van der Waals surface area contributed by atoms with Gasteiger partial charge in [-0.25, -0.2) is 13.4 Å². The molecule has 2 aliphatic rings. The van der Waals surface area contributed by atoms with Crippen LogP contribution in [-0.4, -0.2) is 61.7 Å². The lowest BCUT2D eigenvalue weighted by Crippen LogP contribution is -2.40. The van der Waals surface area contributed by atoms with Gasteiger partial charge in [-0.2, -0.15) is 4.31 Å². The van der Waals surface area contributed by atoms with Crippen molar-refractivity contribution in [1.29, 1.82) is 0 Å². The van der Waals surface area contributed by atoms with Crippen LogP contribution in [0.2, 0.25) is 0 Å². The molecule has 1 aliphatic carbocycles. The molecule has 0 spiro atoms. The van der Waals surface area contributed by atoms with Crippen molar-refractivity contribution in [3.05, 3.63) is 18.3 Å². The fraction of sp³-hybridized carbons (Fsp3) is 0.684. The summed E-state index contributed by atoms with van der Waals surface area (Å²) in [6.07, 6.45) is 7.59. The van der Waals surface area contributed by atoms with Gasteiger partial charge in [0, 0.05) is 25.8 Å². The van der Waals surface area contributed by atoms with Gasteiger partial charge in [-0.1, -0.05) is 31.0 Å². The van der Waals surface area contributed by atoms with Gasteiger partial charge in [-0.05, 0) is 37.8 Å². The number of nitrogens with one attached hydrogen (secondary N) is 1. The Labute approximate surface area is 171 Å². The van der Waals surface area contributed by atoms with Crippen molar-refractivity contribution >= 4 is 27.7 Å². The van der Waals surface area contributed by atoms with Gasteiger partial charge in [-0.3, -0.25) is 4.79 Å². The second-order valence-corrected chi connectivity index (χ2v) is 10.7. The van der Waals surface area contributed by atoms with Crippen LogP contribution in [0.1, 0.15) is 39.0 Å². The second kappa shape index (κ2) is 10.0. The standard InChI is InChI=1S/C19H29N3O4S2/c1-15(19(23)21-13-16-5-3-2-4-6-16)27-18-8-7-17(14-20-18)28(24,25)22-9-11-26-12-10-22/h7-8,14-16H,2-6,9-13H2,1H3,(H,21,23). The van der Waals surface area contributed by atoms with E-state index in [2.05, 4.69) is 10.3 Å². The molecule has 1 unspecified atom stereocenters. The number of aromatic nitrogens is 1. The Hall–Kier alpha value is -1.16. The zero-order valence-electron chi connectivity index (χ0n) is 16.3. The van der Waals surface area contributed by atoms with Gasteiger partial charge in [0.05, 0.1) is 23.5 Å². The Bertz CT molecular complexity index is 743. The molecule has 28 heavy (non-hydrogen) atoms. The number of hydrogen-bond acceptors (Lipinski definition) is 6. The highest BCUT2D eigenvalue weighted by Crippen LogP contribution is 2.25. The minimum absolute atomic E-state index is 0.00221. The molecule has 3 rings (SSSR count). The summed E-state index contributed by atoms with van der Waals surface area (Å²) >= 11 is 1.34. The lowest BCUT2D eigenvalue weighted by Gasteiger charge is -2.25. The first-order valence-electron chi connectivity index (χ1n) is 9.95. The summed E-state index contributed by atoms with van der Waals surface area (Å²) < 4.78 is 31.9. The average Bonchev–Trinajstić information content (AvgIpc) is 2.73. The number of morpholine rings is 1. The fourth-order valence-electron chi connectivity index (χ4n) is 3.54. The van der Waals surface area contributed by atoms with Crippen LogP contribution in [-0.2, 0) is 19.6 Å². The number of pyridine rings is 1. The summed E-state index contributed by atoms with van der Waals surface area (Å²) in [7, 11) is -3.54. The number of ether oxygens (including phenoxy) is 1. The average molecular weight is 428 g/mol. The van der Waals surface area contributed by atoms with E-state index in [0.717, 1.165) is 6.54 Å². The first-order valence-corrected chi connectivity index (χ1v) is 12.3. The molecule has 9 heteroatoms. The Morgan fingerprint density at radius 2 is 2.00 bits per heavy atom. The third-order valence-electron chi connectivity index (χ3n) is 5.27. The third-order valence-corrected chi connectivity index (χ3v) is 8.21. The molecule has 0 radical (unpaired) electrons. The second-order valence-electron chi connectivity index (χ2n) is 7.36. The predicted octanol–water partition coefficient (Wildman–Crippen LogP) is 2.28. The summed E-state index contributed by atoms with van der Waals surface area (Å²) in [5, 5.41) is 3.41. The molecule has 2 fully saturated rings. The van der Waals surface area contributed by atoms with Gasteiger partial charge in [0.2, 0.25) is 15.9 Å². The molecule has 2 heterocycles. The predicted molar refractivity (Wildman–Crippen MR) is 109 cm³/mol. The Kier molecular flexibility index (Phi) is 7.73. The van der Waals surface area contributed by atoms with Crippen LogP contribution < -0.4 is 5.32 Å². The van der Waals surface area contributed by atoms with Crippen molar-refractivity contribution in [3.8, 4) is 0 Å². The van der Waals surface area contributed by atoms with Crippen molar-refractivity contribution < 1.29 is 17.9 Å². The monoisotopic (exact) mass is 427 g/mol. The van der Waals surface area contributed by atoms with Crippen LogP contribution in [0.5, 0.6) is 0 Å². The lowest BCUT2D eigenvalue weighted by molar-refractivity contribution is -0.120. The molecule has 1 aromatic rings. The van der Waals surface area contributed by atoms with Crippen molar-refractivity contribution in [2.45, 2.75) is 54.2 Å². The Balaban J connectivity index is 1.52. The topological polar surface area (TPSA) is 88.6 Å². The van der Waals surface area contributed by atoms with E-state index in [1.165, 1.54) is 54.4 Å². The van der Waals surface area contributed by atoms with E-state index in [0.29, 0.717) is 37.2 Å². The van der Waals surface area contributed by atoms with Gasteiger partial charge in [-0.15, -0.1) is 0 Å². The number of carbonyl (C=O) groups is 1. The molecular weight excluding hydrogens is 398 g/mol. The van der Waals surface area contributed by atoms with Crippen molar-refractivity contribution in [1.82, 2.24) is 14.6 Å². The maximum Gasteiger partial charge on any atom is 0.244 e. The van der Waals surface area contributed by atoms with Crippen LogP contribution in [0, 0.1) is 5.92 Å². The number of sulfonamides is 1. The number of amides is 1. The van der Waals surface area contributed by atoms with E-state index in [1.807, 2.05) is 6.92 Å². The molecule has 0 bridgehead atoms. The molecule has 156 valence electrons. The fourth-order valence-corrected chi connectivity index (χ4v) is 5.71. The molecule has 1 N–H and O–H groups in total. The third kappa shape index (κ3) is 5.68. The van der Waals surface area contributed by atoms with Gasteiger partial charge < -0.3 is 10.1 Å². The summed E-state index contributed by atoms with van der Waals surface area (Å²) in [5.41, 5.74) is 0. The van der Waals surface area contributed by atoms with Crippen LogP contribution >= 0.6 is 11.8 Å². The lowest BCUT2D eigenvalue weighted by atomic mass is 9.89. The van der Waals surface area contributed by atoms with Gasteiger partial charge in [0.25, 0.3) is 0 Å². The van der Waals surface area contributed by atoms with E-state index >= 15 is 0 Å². The Morgan fingerprint density at radius 3 is 2.64 bits per heavy atom. The van der Waals surface area contributed by atoms with Crippen molar-refractivity contribution in [2.75, 3.05) is 32.8 Å². The zero-order chi connectivity index (χ0) is 20.0. The first kappa shape index (κ1) is 21.5. The van der Waals surface area contributed by atoms with E-state index < -0.39 is 10.0 Å². The summed E-state index contributed by atoms with van der Waals surface area (Å²) in [5.74, 6) is 0.597. The minimum atomic E-state index is -3.54. The van der Waals surface area contributed by atoms with Gasteiger partial charge in [0.1, 0.15) is 4.90 Å². The minimum Gasteiger partial charge on any atom is -0.379 e. The maximum absolute atomic E-state index is 12.6. The number of rotatable bonds is 7. The summed E-state index contributed by atoms with van der Waals surface area (Å²) in [6, 6.07) is 3.23. The number of carbonyl (C=O) groups excluding carboxylic acids is 1. The van der Waals surface area contributed by atoms with Crippen LogP contribution in [0.25, 0.3) is 0 Å².